The number of hydrogen-bond acceptors (Lipinski definition) is 5. The number of fused-ring (bicyclic) bond motifs is 2. The van der Waals surface area contributed by atoms with Crippen LogP contribution < -0.4 is 11.1 Å². The summed E-state index contributed by atoms with van der Waals surface area (Å²) in [7, 11) is 0. The molecule has 5 heteroatoms. The van der Waals surface area contributed by atoms with Gasteiger partial charge < -0.3 is 11.1 Å². The molecule has 0 amide bonds. The first kappa shape index (κ1) is 13.0. The number of anilines is 3. The standard InChI is InChI=1S/C17H14N4S/c1-10-6-11-7-15-13(9-16(11)22-10)14(3-5-19-15)21-12-2-4-20-17(18)8-12/h2-9H,1H3,(H3,18,19,20,21). The van der Waals surface area contributed by atoms with Gasteiger partial charge in [-0.05, 0) is 42.6 Å². The number of nitrogens with two attached hydrogens (primary N) is 1. The molecule has 0 saturated heterocycles. The van der Waals surface area contributed by atoms with Crippen molar-refractivity contribution in [3.8, 4) is 0 Å². The maximum atomic E-state index is 5.74. The largest absolute Gasteiger partial charge is 0.384 e. The average Bonchev–Trinajstić information content (AvgIpc) is 2.84. The van der Waals surface area contributed by atoms with Crippen molar-refractivity contribution < 1.29 is 0 Å². The molecule has 0 fully saturated rings. The van der Waals surface area contributed by atoms with Gasteiger partial charge in [0.05, 0.1) is 5.52 Å². The predicted molar refractivity (Wildman–Crippen MR) is 93.8 cm³/mol. The van der Waals surface area contributed by atoms with E-state index in [2.05, 4.69) is 40.4 Å². The lowest BCUT2D eigenvalue weighted by Crippen LogP contribution is -1.95. The number of nitrogen functional groups attached to an aromatic ring is 1. The predicted octanol–water partition coefficient (Wildman–Crippen LogP) is 4.48. The molecule has 0 aliphatic rings. The Morgan fingerprint density at radius 2 is 1.91 bits per heavy atom. The van der Waals surface area contributed by atoms with E-state index in [0.717, 1.165) is 22.3 Å². The van der Waals surface area contributed by atoms with E-state index < -0.39 is 0 Å². The summed E-state index contributed by atoms with van der Waals surface area (Å²) in [5, 5.41) is 5.75. The Morgan fingerprint density at radius 1 is 1.05 bits per heavy atom. The zero-order chi connectivity index (χ0) is 15.1. The quantitative estimate of drug-likeness (QED) is 0.573. The van der Waals surface area contributed by atoms with Crippen molar-refractivity contribution in [1.29, 1.82) is 0 Å². The van der Waals surface area contributed by atoms with Gasteiger partial charge in [-0.1, -0.05) is 0 Å². The molecule has 3 heterocycles. The fourth-order valence-electron chi connectivity index (χ4n) is 2.60. The van der Waals surface area contributed by atoms with Crippen LogP contribution >= 0.6 is 11.3 Å². The van der Waals surface area contributed by atoms with Crippen LogP contribution in [-0.4, -0.2) is 9.97 Å². The first-order valence-electron chi connectivity index (χ1n) is 6.96. The number of aromatic nitrogens is 2. The monoisotopic (exact) mass is 306 g/mol. The zero-order valence-corrected chi connectivity index (χ0v) is 12.8. The van der Waals surface area contributed by atoms with Crippen molar-refractivity contribution >= 4 is 49.5 Å². The van der Waals surface area contributed by atoms with Crippen LogP contribution in [0.1, 0.15) is 4.88 Å². The number of nitrogens with zero attached hydrogens (tertiary/aromatic N) is 2. The summed E-state index contributed by atoms with van der Waals surface area (Å²) in [5.41, 5.74) is 8.66. The van der Waals surface area contributed by atoms with Crippen molar-refractivity contribution in [3.05, 3.63) is 53.7 Å². The second kappa shape index (κ2) is 4.96. The van der Waals surface area contributed by atoms with Crippen LogP contribution in [0.2, 0.25) is 0 Å². The number of thiophene rings is 1. The Labute approximate surface area is 131 Å². The second-order valence-corrected chi connectivity index (χ2v) is 6.51. The average molecular weight is 306 g/mol. The fraction of sp³-hybridized carbons (Fsp3) is 0.0588. The van der Waals surface area contributed by atoms with Crippen LogP contribution in [0.15, 0.2) is 48.8 Å². The topological polar surface area (TPSA) is 63.8 Å². The van der Waals surface area contributed by atoms with Gasteiger partial charge in [-0.25, -0.2) is 4.98 Å². The van der Waals surface area contributed by atoms with E-state index in [1.807, 2.05) is 24.4 Å². The Bertz CT molecular complexity index is 990. The highest BCUT2D eigenvalue weighted by Gasteiger charge is 2.07. The van der Waals surface area contributed by atoms with E-state index in [9.17, 15) is 0 Å². The van der Waals surface area contributed by atoms with Crippen LogP contribution in [0.3, 0.4) is 0 Å². The molecule has 0 unspecified atom stereocenters. The van der Waals surface area contributed by atoms with Crippen molar-refractivity contribution in [3.63, 3.8) is 0 Å². The Balaban J connectivity index is 1.87. The van der Waals surface area contributed by atoms with E-state index in [-0.39, 0.29) is 0 Å². The SMILES string of the molecule is Cc1cc2cc3nccc(Nc4ccnc(N)c4)c3cc2s1. The number of benzene rings is 1. The van der Waals surface area contributed by atoms with Crippen LogP contribution in [0.4, 0.5) is 17.2 Å². The molecule has 0 spiro atoms. The normalized spacial score (nSPS) is 11.1. The van der Waals surface area contributed by atoms with Gasteiger partial charge in [0.1, 0.15) is 5.82 Å². The molecule has 108 valence electrons. The van der Waals surface area contributed by atoms with Gasteiger partial charge in [-0.15, -0.1) is 11.3 Å². The minimum Gasteiger partial charge on any atom is -0.384 e. The molecule has 0 aliphatic heterocycles. The lowest BCUT2D eigenvalue weighted by Gasteiger charge is -2.10. The summed E-state index contributed by atoms with van der Waals surface area (Å²) in [6, 6.07) is 12.2. The minimum atomic E-state index is 0.500. The molecule has 4 aromatic rings. The highest BCUT2D eigenvalue weighted by atomic mass is 32.1. The molecule has 0 aliphatic carbocycles. The third kappa shape index (κ3) is 2.25. The smallest absolute Gasteiger partial charge is 0.125 e. The van der Waals surface area contributed by atoms with Crippen molar-refractivity contribution in [1.82, 2.24) is 9.97 Å². The first-order chi connectivity index (χ1) is 10.7. The highest BCUT2D eigenvalue weighted by molar-refractivity contribution is 7.19. The summed E-state index contributed by atoms with van der Waals surface area (Å²) in [4.78, 5) is 9.81. The van der Waals surface area contributed by atoms with E-state index in [1.54, 1.807) is 17.5 Å². The number of pyridine rings is 2. The third-order valence-corrected chi connectivity index (χ3v) is 4.58. The molecule has 0 saturated carbocycles. The summed E-state index contributed by atoms with van der Waals surface area (Å²) in [6.45, 7) is 2.13. The van der Waals surface area contributed by atoms with Gasteiger partial charge in [-0.2, -0.15) is 0 Å². The van der Waals surface area contributed by atoms with E-state index in [1.165, 1.54) is 15.0 Å². The number of nitrogens with one attached hydrogen (secondary N) is 1. The first-order valence-corrected chi connectivity index (χ1v) is 7.78. The number of hydrogen-bond donors (Lipinski definition) is 2. The van der Waals surface area contributed by atoms with Crippen LogP contribution in [0.5, 0.6) is 0 Å². The number of rotatable bonds is 2. The van der Waals surface area contributed by atoms with Gasteiger partial charge in [0.2, 0.25) is 0 Å². The molecule has 1 aromatic carbocycles. The molecule has 3 N–H and O–H groups in total. The maximum Gasteiger partial charge on any atom is 0.125 e. The molecule has 4 rings (SSSR count). The Hall–Kier alpha value is -2.66. The van der Waals surface area contributed by atoms with Gasteiger partial charge >= 0.3 is 0 Å². The second-order valence-electron chi connectivity index (χ2n) is 5.22. The zero-order valence-electron chi connectivity index (χ0n) is 12.0. The van der Waals surface area contributed by atoms with E-state index in [0.29, 0.717) is 5.82 Å². The van der Waals surface area contributed by atoms with E-state index in [4.69, 9.17) is 5.73 Å². The molecule has 22 heavy (non-hydrogen) atoms. The van der Waals surface area contributed by atoms with Crippen LogP contribution in [0.25, 0.3) is 21.0 Å². The summed E-state index contributed by atoms with van der Waals surface area (Å²) >= 11 is 1.80. The Morgan fingerprint density at radius 3 is 2.77 bits per heavy atom. The van der Waals surface area contributed by atoms with Crippen LogP contribution in [0, 0.1) is 6.92 Å². The van der Waals surface area contributed by atoms with Crippen molar-refractivity contribution in [2.75, 3.05) is 11.1 Å². The summed E-state index contributed by atoms with van der Waals surface area (Å²) < 4.78 is 1.27. The lowest BCUT2D eigenvalue weighted by molar-refractivity contribution is 1.33. The van der Waals surface area contributed by atoms with Gasteiger partial charge in [0, 0.05) is 44.8 Å². The minimum absolute atomic E-state index is 0.500. The number of aryl methyl sites for hydroxylation is 1. The van der Waals surface area contributed by atoms with Crippen LogP contribution in [-0.2, 0) is 0 Å². The van der Waals surface area contributed by atoms with Gasteiger partial charge in [0.25, 0.3) is 0 Å². The molecular weight excluding hydrogens is 292 g/mol. The van der Waals surface area contributed by atoms with E-state index >= 15 is 0 Å². The maximum absolute atomic E-state index is 5.74. The molecule has 0 atom stereocenters. The summed E-state index contributed by atoms with van der Waals surface area (Å²) in [6.07, 6.45) is 3.52. The van der Waals surface area contributed by atoms with Crippen molar-refractivity contribution in [2.45, 2.75) is 6.92 Å². The third-order valence-electron chi connectivity index (χ3n) is 3.56. The Kier molecular flexibility index (Phi) is 2.94. The molecule has 4 nitrogen and oxygen atoms in total. The summed E-state index contributed by atoms with van der Waals surface area (Å²) in [5.74, 6) is 0.500. The van der Waals surface area contributed by atoms with Crippen molar-refractivity contribution in [2.24, 2.45) is 0 Å². The molecular formula is C17H14N4S. The fourth-order valence-corrected chi connectivity index (χ4v) is 3.55. The van der Waals surface area contributed by atoms with Gasteiger partial charge in [-0.3, -0.25) is 4.98 Å². The lowest BCUT2D eigenvalue weighted by atomic mass is 10.1. The van der Waals surface area contributed by atoms with Gasteiger partial charge in [0.15, 0.2) is 0 Å². The molecule has 0 bridgehead atoms. The molecule has 0 radical (unpaired) electrons. The highest BCUT2D eigenvalue weighted by Crippen LogP contribution is 2.33. The molecule has 3 aromatic heterocycles.